The maximum absolute atomic E-state index is 12.1. The number of likely N-dealkylation sites (tertiary alicyclic amines) is 1. The summed E-state index contributed by atoms with van der Waals surface area (Å²) in [7, 11) is 0. The van der Waals surface area contributed by atoms with Crippen LogP contribution in [0.3, 0.4) is 0 Å². The summed E-state index contributed by atoms with van der Waals surface area (Å²) in [6.45, 7) is 0.0803. The molecule has 94 valence electrons. The molecule has 1 saturated heterocycles. The first kappa shape index (κ1) is 13.7. The number of hydrogen-bond donors (Lipinski definition) is 0. The molecule has 0 saturated carbocycles. The number of carbonyl (C=O) groups excluding carboxylic acids is 2. The van der Waals surface area contributed by atoms with Gasteiger partial charge in [0, 0.05) is 0 Å². The summed E-state index contributed by atoms with van der Waals surface area (Å²) in [5.74, 6) is -1.92. The van der Waals surface area contributed by atoms with Crippen LogP contribution < -0.4 is 21.2 Å². The first-order chi connectivity index (χ1) is 7.36. The molecule has 0 unspecified atom stereocenters. The Morgan fingerprint density at radius 1 is 1.25 bits per heavy atom. The summed E-state index contributed by atoms with van der Waals surface area (Å²) in [6, 6.07) is 0. The monoisotopic (exact) mass is 350 g/mol. The van der Waals surface area contributed by atoms with Gasteiger partial charge in [0.05, 0.1) is 0 Å². The molecule has 1 fully saturated rings. The third kappa shape index (κ3) is 3.33. The molecule has 0 aromatic rings. The van der Waals surface area contributed by atoms with Crippen LogP contribution in [0.4, 0.5) is 13.2 Å². The van der Waals surface area contributed by atoms with Gasteiger partial charge in [0.25, 0.3) is 0 Å². The van der Waals surface area contributed by atoms with Crippen LogP contribution in [0, 0.1) is 5.92 Å². The maximum atomic E-state index is 12.1. The van der Waals surface area contributed by atoms with Gasteiger partial charge in [-0.2, -0.15) is 0 Å². The summed E-state index contributed by atoms with van der Waals surface area (Å²) in [5.41, 5.74) is 0. The summed E-state index contributed by atoms with van der Waals surface area (Å²) >= 11 is -0.499. The molecule has 1 heterocycles. The van der Waals surface area contributed by atoms with Crippen molar-refractivity contribution in [3.8, 4) is 0 Å². The zero-order valence-electron chi connectivity index (χ0n) is 8.68. The average Bonchev–Trinajstić information content (AvgIpc) is 2.26. The van der Waals surface area contributed by atoms with Crippen LogP contribution in [0.2, 0.25) is 0 Å². The van der Waals surface area contributed by atoms with Crippen molar-refractivity contribution in [1.29, 1.82) is 0 Å². The van der Waals surface area contributed by atoms with Gasteiger partial charge in [-0.3, -0.25) is 0 Å². The van der Waals surface area contributed by atoms with E-state index < -0.39 is 33.3 Å². The fourth-order valence-corrected chi connectivity index (χ4v) is 3.15. The van der Waals surface area contributed by atoms with Crippen molar-refractivity contribution in [3.05, 3.63) is 0 Å². The molecular weight excluding hydrogens is 338 g/mol. The van der Waals surface area contributed by atoms with E-state index in [0.29, 0.717) is 12.8 Å². The van der Waals surface area contributed by atoms with Gasteiger partial charge in [-0.1, -0.05) is 0 Å². The van der Waals surface area contributed by atoms with E-state index >= 15 is 0 Å². The second-order valence-corrected chi connectivity index (χ2v) is 5.70. The SMILES string of the molecule is C[I-]C(=O)C1CCN(C(=O)C(F)(F)F)CC1. The van der Waals surface area contributed by atoms with Crippen LogP contribution in [-0.4, -0.2) is 38.8 Å². The molecule has 0 bridgehead atoms. The molecule has 0 radical (unpaired) electrons. The van der Waals surface area contributed by atoms with Crippen molar-refractivity contribution in [3.63, 3.8) is 0 Å². The number of piperidine rings is 1. The van der Waals surface area contributed by atoms with Crippen molar-refractivity contribution in [2.45, 2.75) is 19.0 Å². The second-order valence-electron chi connectivity index (χ2n) is 3.56. The van der Waals surface area contributed by atoms with Gasteiger partial charge in [0.1, 0.15) is 0 Å². The zero-order chi connectivity index (χ0) is 12.3. The Morgan fingerprint density at radius 2 is 1.75 bits per heavy atom. The Balaban J connectivity index is 2.49. The number of alkyl halides is 4. The molecule has 1 aliphatic rings. The zero-order valence-corrected chi connectivity index (χ0v) is 10.8. The van der Waals surface area contributed by atoms with E-state index in [4.69, 9.17) is 0 Å². The van der Waals surface area contributed by atoms with Crippen LogP contribution in [0.1, 0.15) is 12.8 Å². The van der Waals surface area contributed by atoms with Gasteiger partial charge in [-0.25, -0.2) is 0 Å². The van der Waals surface area contributed by atoms with Crippen molar-refractivity contribution in [2.75, 3.05) is 18.0 Å². The van der Waals surface area contributed by atoms with Gasteiger partial charge in [-0.15, -0.1) is 0 Å². The molecule has 1 amide bonds. The predicted molar refractivity (Wildman–Crippen MR) is 46.3 cm³/mol. The summed E-state index contributed by atoms with van der Waals surface area (Å²) in [6.07, 6.45) is -4.06. The topological polar surface area (TPSA) is 37.4 Å². The Morgan fingerprint density at radius 3 is 2.12 bits per heavy atom. The molecule has 0 spiro atoms. The molecule has 0 aromatic heterocycles. The quantitative estimate of drug-likeness (QED) is 0.329. The van der Waals surface area contributed by atoms with E-state index in [1.54, 1.807) is 0 Å². The van der Waals surface area contributed by atoms with Gasteiger partial charge >= 0.3 is 102 Å². The van der Waals surface area contributed by atoms with Crippen molar-refractivity contribution >= 4 is 9.70 Å². The molecule has 1 aliphatic heterocycles. The van der Waals surface area contributed by atoms with Crippen LogP contribution >= 0.6 is 0 Å². The number of hydrogen-bond acceptors (Lipinski definition) is 2. The average molecular weight is 350 g/mol. The van der Waals surface area contributed by atoms with E-state index in [1.807, 2.05) is 4.93 Å². The first-order valence-corrected chi connectivity index (χ1v) is 7.99. The van der Waals surface area contributed by atoms with Crippen molar-refractivity contribution in [1.82, 2.24) is 4.90 Å². The number of rotatable bonds is 2. The standard InChI is InChI=1S/C9H12F3INO2/c1-13-7(15)6-2-4-14(5-3-6)8(16)9(10,11)12/h6H,2-5H2,1H3/q-1. The number of halogens is 4. The minimum absolute atomic E-state index is 0.0402. The van der Waals surface area contributed by atoms with Crippen LogP contribution in [0.5, 0.6) is 0 Å². The van der Waals surface area contributed by atoms with E-state index in [-0.39, 0.29) is 22.8 Å². The van der Waals surface area contributed by atoms with Crippen molar-refractivity contribution in [2.24, 2.45) is 5.92 Å². The van der Waals surface area contributed by atoms with Gasteiger partial charge in [-0.05, 0) is 0 Å². The summed E-state index contributed by atoms with van der Waals surface area (Å²) < 4.78 is 36.5. The van der Waals surface area contributed by atoms with Gasteiger partial charge in [0.15, 0.2) is 0 Å². The molecule has 0 atom stereocenters. The molecular formula is C9H12F3INO2-. The fraction of sp³-hybridized carbons (Fsp3) is 0.778. The van der Waals surface area contributed by atoms with E-state index in [0.717, 1.165) is 4.90 Å². The first-order valence-electron chi connectivity index (χ1n) is 4.75. The number of amides is 1. The molecule has 0 N–H and O–H groups in total. The molecule has 3 nitrogen and oxygen atoms in total. The van der Waals surface area contributed by atoms with Crippen LogP contribution in [-0.2, 0) is 9.59 Å². The second kappa shape index (κ2) is 5.33. The Kier molecular flexibility index (Phi) is 4.57. The number of carbonyl (C=O) groups is 2. The van der Waals surface area contributed by atoms with Crippen LogP contribution in [0.15, 0.2) is 0 Å². The summed E-state index contributed by atoms with van der Waals surface area (Å²) in [5, 5.41) is 0. The predicted octanol–water partition coefficient (Wildman–Crippen LogP) is -1.97. The molecule has 0 aromatic carbocycles. The molecule has 7 heteroatoms. The summed E-state index contributed by atoms with van der Waals surface area (Å²) in [4.78, 5) is 24.9. The van der Waals surface area contributed by atoms with E-state index in [9.17, 15) is 22.8 Å². The van der Waals surface area contributed by atoms with Crippen molar-refractivity contribution < 1.29 is 44.0 Å². The van der Waals surface area contributed by atoms with Gasteiger partial charge in [0.2, 0.25) is 0 Å². The normalized spacial score (nSPS) is 18.9. The fourth-order valence-electron chi connectivity index (χ4n) is 1.64. The van der Waals surface area contributed by atoms with Crippen LogP contribution in [0.25, 0.3) is 0 Å². The Hall–Kier alpha value is -0.340. The van der Waals surface area contributed by atoms with Gasteiger partial charge < -0.3 is 0 Å². The third-order valence-corrected chi connectivity index (χ3v) is 4.48. The van der Waals surface area contributed by atoms with E-state index in [2.05, 4.69) is 0 Å². The number of nitrogens with zero attached hydrogens (tertiary/aromatic N) is 1. The molecule has 16 heavy (non-hydrogen) atoms. The van der Waals surface area contributed by atoms with E-state index in [1.165, 1.54) is 0 Å². The minimum atomic E-state index is -4.80. The Labute approximate surface area is 102 Å². The Bertz CT molecular complexity index is 285. The molecule has 0 aliphatic carbocycles. The molecule has 1 rings (SSSR count). The third-order valence-electron chi connectivity index (χ3n) is 2.53.